The summed E-state index contributed by atoms with van der Waals surface area (Å²) in [5.74, 6) is 1.14. The summed E-state index contributed by atoms with van der Waals surface area (Å²) in [5.41, 5.74) is 1.44. The summed E-state index contributed by atoms with van der Waals surface area (Å²) in [6, 6.07) is 14.0. The van der Waals surface area contributed by atoms with Crippen molar-refractivity contribution in [2.24, 2.45) is 0 Å². The Morgan fingerprint density at radius 2 is 1.74 bits per heavy atom. The summed E-state index contributed by atoms with van der Waals surface area (Å²) in [6.45, 7) is 6.63. The van der Waals surface area contributed by atoms with Gasteiger partial charge in [0.15, 0.2) is 11.5 Å². The standard InChI is InChI=1S/C28H33Cl2N3O4S/c1-18(2)33(28(35)31-24-10-8-21(29)15-23(24)30)17-27(34)32(16-22-9-6-19(3)38-22)13-12-20-7-11-25(36-4)26(14-20)37-5/h6-11,14-15,18H,12-13,16-17H2,1-5H3,(H,31,35). The SMILES string of the molecule is COc1ccc(CCN(Cc2ccc(C)s2)C(=O)CN(C(=O)Nc2ccc(Cl)cc2Cl)C(C)C)cc1OC. The lowest BCUT2D eigenvalue weighted by atomic mass is 10.1. The normalized spacial score (nSPS) is 10.8. The van der Waals surface area contributed by atoms with Crippen LogP contribution in [-0.4, -0.2) is 55.1 Å². The first-order chi connectivity index (χ1) is 18.1. The molecule has 38 heavy (non-hydrogen) atoms. The van der Waals surface area contributed by atoms with Gasteiger partial charge in [0.25, 0.3) is 0 Å². The van der Waals surface area contributed by atoms with E-state index in [2.05, 4.69) is 5.32 Å². The summed E-state index contributed by atoms with van der Waals surface area (Å²) in [4.78, 5) is 32.3. The highest BCUT2D eigenvalue weighted by Gasteiger charge is 2.25. The number of nitrogens with one attached hydrogen (secondary N) is 1. The average molecular weight is 579 g/mol. The Labute approximate surface area is 238 Å². The topological polar surface area (TPSA) is 71.1 Å². The van der Waals surface area contributed by atoms with Gasteiger partial charge >= 0.3 is 6.03 Å². The Bertz CT molecular complexity index is 1260. The van der Waals surface area contributed by atoms with Crippen molar-refractivity contribution in [3.63, 3.8) is 0 Å². The van der Waals surface area contributed by atoms with Crippen molar-refractivity contribution in [1.82, 2.24) is 9.80 Å². The summed E-state index contributed by atoms with van der Waals surface area (Å²) >= 11 is 13.9. The van der Waals surface area contributed by atoms with Crippen molar-refractivity contribution >= 4 is 52.2 Å². The van der Waals surface area contributed by atoms with Crippen molar-refractivity contribution < 1.29 is 19.1 Å². The number of ether oxygens (including phenoxy) is 2. The highest BCUT2D eigenvalue weighted by Crippen LogP contribution is 2.28. The van der Waals surface area contributed by atoms with Gasteiger partial charge in [0, 0.05) is 27.4 Å². The second-order valence-electron chi connectivity index (χ2n) is 9.04. The van der Waals surface area contributed by atoms with E-state index in [1.54, 1.807) is 48.7 Å². The van der Waals surface area contributed by atoms with E-state index in [0.717, 1.165) is 10.4 Å². The molecule has 0 aliphatic rings. The van der Waals surface area contributed by atoms with Crippen LogP contribution in [0, 0.1) is 6.92 Å². The molecule has 1 aromatic heterocycles. The molecule has 0 saturated heterocycles. The third kappa shape index (κ3) is 8.03. The quantitative estimate of drug-likeness (QED) is 0.269. The Morgan fingerprint density at radius 3 is 2.34 bits per heavy atom. The summed E-state index contributed by atoms with van der Waals surface area (Å²) in [7, 11) is 3.19. The van der Waals surface area contributed by atoms with Gasteiger partial charge in [0.2, 0.25) is 5.91 Å². The predicted octanol–water partition coefficient (Wildman–Crippen LogP) is 6.89. The van der Waals surface area contributed by atoms with E-state index in [1.807, 2.05) is 51.1 Å². The van der Waals surface area contributed by atoms with Gasteiger partial charge in [-0.25, -0.2) is 4.79 Å². The van der Waals surface area contributed by atoms with E-state index in [4.69, 9.17) is 32.7 Å². The van der Waals surface area contributed by atoms with Crippen LogP contribution in [0.3, 0.4) is 0 Å². The molecule has 3 aromatic rings. The first-order valence-electron chi connectivity index (χ1n) is 12.2. The molecule has 0 aliphatic heterocycles. The van der Waals surface area contributed by atoms with Gasteiger partial charge in [0.05, 0.1) is 31.5 Å². The van der Waals surface area contributed by atoms with Crippen LogP contribution < -0.4 is 14.8 Å². The molecule has 7 nitrogen and oxygen atoms in total. The molecule has 0 unspecified atom stereocenters. The molecule has 3 rings (SSSR count). The number of rotatable bonds is 11. The molecule has 1 heterocycles. The fourth-order valence-corrected chi connectivity index (χ4v) is 5.22. The number of amides is 3. The molecule has 0 atom stereocenters. The van der Waals surface area contributed by atoms with Crippen LogP contribution in [-0.2, 0) is 17.8 Å². The Morgan fingerprint density at radius 1 is 1.00 bits per heavy atom. The van der Waals surface area contributed by atoms with Crippen LogP contribution >= 0.6 is 34.5 Å². The van der Waals surface area contributed by atoms with Gasteiger partial charge in [-0.2, -0.15) is 0 Å². The second kappa shape index (κ2) is 13.7. The zero-order chi connectivity index (χ0) is 27.8. The van der Waals surface area contributed by atoms with Gasteiger partial charge in [-0.3, -0.25) is 4.79 Å². The zero-order valence-electron chi connectivity index (χ0n) is 22.2. The molecule has 0 bridgehead atoms. The predicted molar refractivity (Wildman–Crippen MR) is 155 cm³/mol. The van der Waals surface area contributed by atoms with E-state index >= 15 is 0 Å². The third-order valence-electron chi connectivity index (χ3n) is 5.98. The van der Waals surface area contributed by atoms with Crippen molar-refractivity contribution in [2.45, 2.75) is 39.8 Å². The highest BCUT2D eigenvalue weighted by atomic mass is 35.5. The van der Waals surface area contributed by atoms with Crippen LogP contribution in [0.4, 0.5) is 10.5 Å². The number of methoxy groups -OCH3 is 2. The van der Waals surface area contributed by atoms with Gasteiger partial charge in [-0.05, 0) is 75.2 Å². The number of thiophene rings is 1. The lowest BCUT2D eigenvalue weighted by Crippen LogP contribution is -2.47. The summed E-state index contributed by atoms with van der Waals surface area (Å²) in [5, 5.41) is 3.59. The van der Waals surface area contributed by atoms with E-state index < -0.39 is 6.03 Å². The second-order valence-corrected chi connectivity index (χ2v) is 11.3. The lowest BCUT2D eigenvalue weighted by molar-refractivity contribution is -0.132. The van der Waals surface area contributed by atoms with Crippen LogP contribution in [0.5, 0.6) is 11.5 Å². The van der Waals surface area contributed by atoms with Gasteiger partial charge in [0.1, 0.15) is 6.54 Å². The van der Waals surface area contributed by atoms with Crippen LogP contribution in [0.2, 0.25) is 10.0 Å². The minimum absolute atomic E-state index is 0.0784. The van der Waals surface area contributed by atoms with Gasteiger partial charge < -0.3 is 24.6 Å². The number of hydrogen-bond acceptors (Lipinski definition) is 5. The fourth-order valence-electron chi connectivity index (χ4n) is 3.86. The zero-order valence-corrected chi connectivity index (χ0v) is 24.5. The first kappa shape index (κ1) is 29.6. The minimum Gasteiger partial charge on any atom is -0.493 e. The Hall–Kier alpha value is -2.94. The smallest absolute Gasteiger partial charge is 0.322 e. The van der Waals surface area contributed by atoms with Crippen LogP contribution in [0.25, 0.3) is 0 Å². The van der Waals surface area contributed by atoms with Crippen molar-refractivity contribution in [3.8, 4) is 11.5 Å². The molecule has 0 spiro atoms. The van der Waals surface area contributed by atoms with Crippen molar-refractivity contribution in [3.05, 3.63) is 73.9 Å². The maximum atomic E-state index is 13.6. The molecular formula is C28H33Cl2N3O4S. The summed E-state index contributed by atoms with van der Waals surface area (Å²) in [6.07, 6.45) is 0.616. The molecule has 0 saturated carbocycles. The maximum absolute atomic E-state index is 13.6. The number of nitrogens with zero attached hydrogens (tertiary/aromatic N) is 2. The first-order valence-corrected chi connectivity index (χ1v) is 13.7. The highest BCUT2D eigenvalue weighted by molar-refractivity contribution is 7.11. The minimum atomic E-state index is -0.413. The average Bonchev–Trinajstić information content (AvgIpc) is 3.30. The molecule has 0 fully saturated rings. The number of halogens is 2. The maximum Gasteiger partial charge on any atom is 0.322 e. The van der Waals surface area contributed by atoms with Crippen molar-refractivity contribution in [2.75, 3.05) is 32.6 Å². The Kier molecular flexibility index (Phi) is 10.7. The monoisotopic (exact) mass is 577 g/mol. The van der Waals surface area contributed by atoms with E-state index in [1.165, 1.54) is 9.78 Å². The molecule has 10 heteroatoms. The number of aryl methyl sites for hydroxylation is 1. The molecule has 3 amide bonds. The van der Waals surface area contributed by atoms with E-state index in [0.29, 0.717) is 46.7 Å². The number of anilines is 1. The molecular weight excluding hydrogens is 545 g/mol. The number of urea groups is 1. The lowest BCUT2D eigenvalue weighted by Gasteiger charge is -2.30. The molecule has 1 N–H and O–H groups in total. The fraction of sp³-hybridized carbons (Fsp3) is 0.357. The third-order valence-corrected chi connectivity index (χ3v) is 7.51. The van der Waals surface area contributed by atoms with E-state index in [9.17, 15) is 9.59 Å². The van der Waals surface area contributed by atoms with Crippen molar-refractivity contribution in [1.29, 1.82) is 0 Å². The molecule has 204 valence electrons. The van der Waals surface area contributed by atoms with E-state index in [-0.39, 0.29) is 18.5 Å². The molecule has 0 radical (unpaired) electrons. The van der Waals surface area contributed by atoms with Gasteiger partial charge in [-0.1, -0.05) is 29.3 Å². The van der Waals surface area contributed by atoms with Crippen LogP contribution in [0.1, 0.15) is 29.2 Å². The summed E-state index contributed by atoms with van der Waals surface area (Å²) < 4.78 is 10.8. The number of benzene rings is 2. The largest absolute Gasteiger partial charge is 0.493 e. The van der Waals surface area contributed by atoms with Gasteiger partial charge in [-0.15, -0.1) is 11.3 Å². The molecule has 2 aromatic carbocycles. The number of carbonyl (C=O) groups is 2. The Balaban J connectivity index is 1.76. The van der Waals surface area contributed by atoms with Crippen LogP contribution in [0.15, 0.2) is 48.5 Å². The number of carbonyl (C=O) groups excluding carboxylic acids is 2. The number of hydrogen-bond donors (Lipinski definition) is 1. The molecule has 0 aliphatic carbocycles.